The third-order valence-electron chi connectivity index (χ3n) is 2.38. The Balaban J connectivity index is 0. The molecular formula is C12H22Cl2N4. The molecule has 4 nitrogen and oxygen atoms in total. The first-order chi connectivity index (χ1) is 7.65. The lowest BCUT2D eigenvalue weighted by Crippen LogP contribution is -3.00. The van der Waals surface area contributed by atoms with Crippen molar-refractivity contribution >= 4 is 0 Å². The van der Waals surface area contributed by atoms with Gasteiger partial charge in [0.1, 0.15) is 24.8 Å². The highest BCUT2D eigenvalue weighted by Gasteiger charge is 1.92. The Morgan fingerprint density at radius 3 is 1.22 bits per heavy atom. The topological polar surface area (TPSA) is 17.6 Å². The lowest BCUT2D eigenvalue weighted by Gasteiger charge is -1.81. The van der Waals surface area contributed by atoms with Crippen LogP contribution in [0.5, 0.6) is 0 Å². The smallest absolute Gasteiger partial charge is 0.243 e. The third-order valence-corrected chi connectivity index (χ3v) is 2.38. The lowest BCUT2D eigenvalue weighted by molar-refractivity contribution is -0.671. The molecule has 0 aliphatic heterocycles. The molecule has 104 valence electrons. The molecule has 0 saturated heterocycles. The van der Waals surface area contributed by atoms with Crippen molar-refractivity contribution in [3.63, 3.8) is 0 Å². The minimum Gasteiger partial charge on any atom is -1.00 e. The van der Waals surface area contributed by atoms with Gasteiger partial charge in [0.15, 0.2) is 0 Å². The Morgan fingerprint density at radius 1 is 0.778 bits per heavy atom. The maximum atomic E-state index is 2.12. The molecule has 0 fully saturated rings. The molecule has 0 aliphatic rings. The minimum atomic E-state index is 0. The summed E-state index contributed by atoms with van der Waals surface area (Å²) in [5.41, 5.74) is 0. The lowest BCUT2D eigenvalue weighted by atomic mass is 10.7. The van der Waals surface area contributed by atoms with Gasteiger partial charge in [0.2, 0.25) is 12.7 Å². The number of nitrogens with zero attached hydrogens (tertiary/aromatic N) is 4. The van der Waals surface area contributed by atoms with Gasteiger partial charge in [0.05, 0.1) is 27.2 Å². The molecule has 0 saturated carbocycles. The molecule has 0 spiro atoms. The average Bonchev–Trinajstić information content (AvgIpc) is 2.88. The Morgan fingerprint density at radius 2 is 1.11 bits per heavy atom. The van der Waals surface area contributed by atoms with Gasteiger partial charge in [-0.25, -0.2) is 18.3 Å². The summed E-state index contributed by atoms with van der Waals surface area (Å²) in [7, 11) is 4.04. The van der Waals surface area contributed by atoms with Gasteiger partial charge in [-0.2, -0.15) is 0 Å². The molecule has 0 unspecified atom stereocenters. The molecule has 0 radical (unpaired) electrons. The number of aromatic nitrogens is 4. The second kappa shape index (κ2) is 9.97. The fourth-order valence-corrected chi connectivity index (χ4v) is 1.38. The summed E-state index contributed by atoms with van der Waals surface area (Å²) in [5, 5.41) is 0. The highest BCUT2D eigenvalue weighted by Crippen LogP contribution is 1.79. The predicted molar refractivity (Wildman–Crippen MR) is 62.6 cm³/mol. The Bertz CT molecular complexity index is 383. The molecule has 2 aromatic heterocycles. The van der Waals surface area contributed by atoms with E-state index in [2.05, 4.69) is 48.0 Å². The average molecular weight is 293 g/mol. The number of aryl methyl sites for hydroxylation is 4. The quantitative estimate of drug-likeness (QED) is 0.492. The normalized spacial score (nSPS) is 8.67. The van der Waals surface area contributed by atoms with Crippen molar-refractivity contribution in [3.05, 3.63) is 37.4 Å². The van der Waals surface area contributed by atoms with E-state index in [1.165, 1.54) is 0 Å². The molecule has 0 bridgehead atoms. The van der Waals surface area contributed by atoms with Crippen LogP contribution in [0.3, 0.4) is 0 Å². The molecule has 0 atom stereocenters. The van der Waals surface area contributed by atoms with Crippen molar-refractivity contribution in [1.29, 1.82) is 0 Å². The van der Waals surface area contributed by atoms with Crippen molar-refractivity contribution in [3.8, 4) is 0 Å². The summed E-state index contributed by atoms with van der Waals surface area (Å²) >= 11 is 0. The Labute approximate surface area is 122 Å². The van der Waals surface area contributed by atoms with Crippen LogP contribution in [-0.4, -0.2) is 9.13 Å². The number of imidazole rings is 2. The zero-order valence-electron chi connectivity index (χ0n) is 11.4. The molecule has 0 amide bonds. The summed E-state index contributed by atoms with van der Waals surface area (Å²) in [6, 6.07) is 0. The van der Waals surface area contributed by atoms with Gasteiger partial charge >= 0.3 is 0 Å². The summed E-state index contributed by atoms with van der Waals surface area (Å²) in [5.74, 6) is 0. The maximum absolute atomic E-state index is 2.12. The van der Waals surface area contributed by atoms with E-state index in [4.69, 9.17) is 0 Å². The van der Waals surface area contributed by atoms with Crippen LogP contribution in [0.15, 0.2) is 37.4 Å². The van der Waals surface area contributed by atoms with Crippen LogP contribution in [0.4, 0.5) is 0 Å². The molecule has 0 aliphatic carbocycles. The number of hydrogen-bond donors (Lipinski definition) is 0. The molecule has 0 aromatic carbocycles. The van der Waals surface area contributed by atoms with Crippen LogP contribution in [-0.2, 0) is 27.2 Å². The van der Waals surface area contributed by atoms with Crippen molar-refractivity contribution in [2.24, 2.45) is 14.1 Å². The SMILES string of the molecule is CCn1cc[n+](C)c1.CCn1cc[n+](C)c1.[Cl-].[Cl-]. The minimum absolute atomic E-state index is 0. The van der Waals surface area contributed by atoms with Gasteiger partial charge in [0.25, 0.3) is 0 Å². The van der Waals surface area contributed by atoms with Gasteiger partial charge < -0.3 is 24.8 Å². The monoisotopic (exact) mass is 292 g/mol. The first kappa shape index (κ1) is 19.3. The van der Waals surface area contributed by atoms with Gasteiger partial charge in [-0.1, -0.05) is 0 Å². The van der Waals surface area contributed by atoms with Crippen LogP contribution in [0.25, 0.3) is 0 Å². The fourth-order valence-electron chi connectivity index (χ4n) is 1.38. The van der Waals surface area contributed by atoms with Crippen molar-refractivity contribution in [1.82, 2.24) is 9.13 Å². The zero-order chi connectivity index (χ0) is 12.0. The van der Waals surface area contributed by atoms with E-state index >= 15 is 0 Å². The maximum Gasteiger partial charge on any atom is 0.243 e. The zero-order valence-corrected chi connectivity index (χ0v) is 12.9. The molecule has 2 aromatic rings. The van der Waals surface area contributed by atoms with E-state index in [-0.39, 0.29) is 24.8 Å². The number of hydrogen-bond acceptors (Lipinski definition) is 0. The molecule has 18 heavy (non-hydrogen) atoms. The predicted octanol–water partition coefficient (Wildman–Crippen LogP) is -5.33. The largest absolute Gasteiger partial charge is 1.00 e. The highest BCUT2D eigenvalue weighted by atomic mass is 35.5. The first-order valence-corrected chi connectivity index (χ1v) is 5.67. The van der Waals surface area contributed by atoms with Crippen molar-refractivity contribution in [2.75, 3.05) is 0 Å². The van der Waals surface area contributed by atoms with Crippen molar-refractivity contribution in [2.45, 2.75) is 26.9 Å². The standard InChI is InChI=1S/2C6H11N2.2ClH/c2*1-3-8-5-4-7(2)6-8;;/h2*4-6H,3H2,1-2H3;2*1H/q2*+1;;/p-2. The number of rotatable bonds is 2. The summed E-state index contributed by atoms with van der Waals surface area (Å²) in [6.07, 6.45) is 12.3. The first-order valence-electron chi connectivity index (χ1n) is 5.67. The van der Waals surface area contributed by atoms with Crippen LogP contribution >= 0.6 is 0 Å². The van der Waals surface area contributed by atoms with E-state index in [9.17, 15) is 0 Å². The van der Waals surface area contributed by atoms with E-state index in [1.54, 1.807) is 0 Å². The molecule has 2 heterocycles. The van der Waals surface area contributed by atoms with E-state index in [0.29, 0.717) is 0 Å². The summed E-state index contributed by atoms with van der Waals surface area (Å²) in [6.45, 7) is 6.36. The molecule has 6 heteroatoms. The second-order valence-corrected chi connectivity index (χ2v) is 3.82. The van der Waals surface area contributed by atoms with Crippen LogP contribution in [0, 0.1) is 0 Å². The van der Waals surface area contributed by atoms with Gasteiger partial charge in [-0.05, 0) is 13.8 Å². The molecule has 0 N–H and O–H groups in total. The highest BCUT2D eigenvalue weighted by molar-refractivity contribution is 4.64. The van der Waals surface area contributed by atoms with Gasteiger partial charge in [-0.3, -0.25) is 0 Å². The summed E-state index contributed by atoms with van der Waals surface area (Å²) < 4.78 is 8.31. The molecular weight excluding hydrogens is 271 g/mol. The van der Waals surface area contributed by atoms with Crippen molar-refractivity contribution < 1.29 is 33.9 Å². The number of halogens is 2. The van der Waals surface area contributed by atoms with E-state index < -0.39 is 0 Å². The van der Waals surface area contributed by atoms with Gasteiger partial charge in [0, 0.05) is 0 Å². The van der Waals surface area contributed by atoms with Gasteiger partial charge in [-0.15, -0.1) is 0 Å². The summed E-state index contributed by atoms with van der Waals surface area (Å²) in [4.78, 5) is 0. The van der Waals surface area contributed by atoms with E-state index in [0.717, 1.165) is 13.1 Å². The fraction of sp³-hybridized carbons (Fsp3) is 0.500. The van der Waals surface area contributed by atoms with E-state index in [1.807, 2.05) is 35.6 Å². The Kier molecular flexibility index (Phi) is 10.7. The van der Waals surface area contributed by atoms with Crippen LogP contribution < -0.4 is 33.9 Å². The van der Waals surface area contributed by atoms with Crippen LogP contribution in [0.1, 0.15) is 13.8 Å². The molecule has 2 rings (SSSR count). The Hall–Kier alpha value is -1.00. The third kappa shape index (κ3) is 6.67. The van der Waals surface area contributed by atoms with Crippen LogP contribution in [0.2, 0.25) is 0 Å². The second-order valence-electron chi connectivity index (χ2n) is 3.82.